The van der Waals surface area contributed by atoms with Gasteiger partial charge in [-0.05, 0) is 214 Å². The maximum atomic E-state index is 15.5. The average molecular weight is 1820 g/mol. The number of unbranched alkanes of at least 4 members (excludes halogenated alkanes) is 3. The van der Waals surface area contributed by atoms with Crippen LogP contribution in [0.15, 0.2) is 314 Å². The molecule has 1 aliphatic heterocycles. The highest BCUT2D eigenvalue weighted by molar-refractivity contribution is 7.93. The molecule has 1 amide bonds. The lowest BCUT2D eigenvalue weighted by molar-refractivity contribution is -0.137. The number of anilines is 2. The van der Waals surface area contributed by atoms with Gasteiger partial charge in [0.1, 0.15) is 17.2 Å². The molecule has 14 aromatic carbocycles. The van der Waals surface area contributed by atoms with E-state index in [4.69, 9.17) is 56.6 Å². The smallest absolute Gasteiger partial charge is 0.344 e. The van der Waals surface area contributed by atoms with Gasteiger partial charge in [-0.2, -0.15) is 23.6 Å². The number of carbonyl (C=O) groups is 3. The first-order chi connectivity index (χ1) is 63.2. The molecule has 0 aliphatic carbocycles. The molecule has 3 heterocycles. The number of halogens is 3. The standard InChI is InChI=1S/C62H57Cl2N3O7S2.C45H34FN3O4S/c1-4-13-42-20-21-46-35-47(27-26-45(46)34-42)48-28-31-50(54(63)36-48)43-22-24-44(25-23-43)60(68)74-58-51-14-7-8-15-52(51)59(73-33-12-6-5-11-32-71-38-62(3)39-72-40-62)57(64)53(58)37-65-67(61-66-55-16-9-10-17-56(55)75-61)76(69,70)49-29-18-41(2)19-30-49;1-4-9-29-12-13-34-25-33(19-18-32(34)24-29)30-14-16-31(17-15-30)35-20-23-41(39(46)27-35)53-44(51)38-22-21-37(52-6-3)26-36(38)28-47-49(43(50)5-2)45-48-40-10-7-8-11-42(40)54-45/h7-10,14-31,34-37H,4-6,11-13,32-33,38-40H2,1-3H3;5-8,10-28H,2-4,9H2,1H3/b65-37+;47-28+. The minimum atomic E-state index is -4.35. The van der Waals surface area contributed by atoms with E-state index in [-0.39, 0.29) is 54.2 Å². The lowest BCUT2D eigenvalue weighted by Crippen LogP contribution is -2.43. The molecule has 0 radical (unpaired) electrons. The van der Waals surface area contributed by atoms with Gasteiger partial charge in [0.05, 0.1) is 92.2 Å². The Morgan fingerprint density at radius 2 is 1.12 bits per heavy atom. The first-order valence-electron chi connectivity index (χ1n) is 42.8. The van der Waals surface area contributed by atoms with Crippen molar-refractivity contribution >= 4 is 149 Å². The average Bonchev–Trinajstić information content (AvgIpc) is 1.33. The Morgan fingerprint density at radius 1 is 0.562 bits per heavy atom. The Bertz CT molecular complexity index is 7060. The predicted octanol–water partition coefficient (Wildman–Crippen LogP) is 27.1. The second-order valence-corrected chi connectivity index (χ2v) is 36.6. The van der Waals surface area contributed by atoms with Gasteiger partial charge in [0.15, 0.2) is 11.6 Å². The number of hydrazone groups is 2. The van der Waals surface area contributed by atoms with Crippen molar-refractivity contribution in [2.75, 3.05) is 42.5 Å². The van der Waals surface area contributed by atoms with Crippen LogP contribution in [0.1, 0.15) is 108 Å². The first kappa shape index (κ1) is 90.0. The van der Waals surface area contributed by atoms with Crippen LogP contribution in [0.3, 0.4) is 0 Å². The molecule has 0 spiro atoms. The van der Waals surface area contributed by atoms with Gasteiger partial charge in [-0.1, -0.05) is 281 Å². The highest BCUT2D eigenvalue weighted by Gasteiger charge is 2.34. The second-order valence-electron chi connectivity index (χ2n) is 32.0. The minimum Gasteiger partial charge on any atom is -0.491 e. The highest BCUT2D eigenvalue weighted by atomic mass is 35.5. The fraction of sp³-hybridized carbons (Fsp3) is 0.168. The van der Waals surface area contributed by atoms with Gasteiger partial charge < -0.3 is 28.4 Å². The van der Waals surface area contributed by atoms with E-state index >= 15 is 4.39 Å². The van der Waals surface area contributed by atoms with Gasteiger partial charge in [-0.15, -0.1) is 4.41 Å². The summed E-state index contributed by atoms with van der Waals surface area (Å²) in [5.41, 5.74) is 12.9. The fourth-order valence-corrected chi connectivity index (χ4v) is 19.2. The number of thiazole rings is 2. The molecule has 0 atom stereocenters. The van der Waals surface area contributed by atoms with Crippen LogP contribution in [-0.4, -0.2) is 81.7 Å². The number of benzene rings is 14. The van der Waals surface area contributed by atoms with E-state index in [1.165, 1.54) is 110 Å². The molecule has 0 saturated carbocycles. The SMILES string of the molecule is C=COc1ccc(C(=O)Oc2ccc(-c3ccc(-c4ccc5cc(CCC)ccc5c4)cc3)cc2F)c(/C=N/N(C(=O)C=C)c2nc3ccccc3s2)c1.CCCc1ccc2cc(-c3ccc(-c4ccc(C(=O)Oc5c(/C=N/N(c6nc7ccccc7s6)S(=O)(=O)c6ccc(C)cc6)c(Cl)c(OCCCCCCOCC6(C)COC6)c6ccccc56)cc4)c(Cl)c3)ccc2c1. The number of fused-ring (bicyclic) bond motifs is 5. The number of para-hydroxylation sites is 2. The maximum absolute atomic E-state index is 15.5. The molecule has 130 heavy (non-hydrogen) atoms. The van der Waals surface area contributed by atoms with Gasteiger partial charge >= 0.3 is 11.9 Å². The molecule has 1 saturated heterocycles. The summed E-state index contributed by atoms with van der Waals surface area (Å²) in [7, 11) is -4.35. The molecule has 1 fully saturated rings. The lowest BCUT2D eigenvalue weighted by atomic mass is 9.90. The molecule has 0 unspecified atom stereocenters. The van der Waals surface area contributed by atoms with Crippen LogP contribution in [0.5, 0.6) is 23.0 Å². The zero-order valence-electron chi connectivity index (χ0n) is 71.9. The summed E-state index contributed by atoms with van der Waals surface area (Å²) in [6.45, 7) is 18.8. The Kier molecular flexibility index (Phi) is 28.4. The van der Waals surface area contributed by atoms with E-state index in [0.29, 0.717) is 68.8 Å². The number of nitrogens with zero attached hydrogens (tertiary/aromatic N) is 6. The number of ether oxygens (including phenoxy) is 6. The number of amides is 1. The van der Waals surface area contributed by atoms with Crippen molar-refractivity contribution in [1.82, 2.24) is 9.97 Å². The van der Waals surface area contributed by atoms with Crippen molar-refractivity contribution in [3.63, 3.8) is 0 Å². The van der Waals surface area contributed by atoms with Crippen molar-refractivity contribution in [1.29, 1.82) is 0 Å². The zero-order chi connectivity index (χ0) is 90.4. The summed E-state index contributed by atoms with van der Waals surface area (Å²) < 4.78 is 82.4. The van der Waals surface area contributed by atoms with E-state index in [1.54, 1.807) is 42.5 Å². The second kappa shape index (κ2) is 41.0. The molecule has 1 aliphatic rings. The van der Waals surface area contributed by atoms with Crippen molar-refractivity contribution in [2.24, 2.45) is 15.6 Å². The first-order valence-corrected chi connectivity index (χ1v) is 46.7. The minimum absolute atomic E-state index is 0.00921. The molecular weight excluding hydrogens is 1730 g/mol. The maximum Gasteiger partial charge on any atom is 0.344 e. The third-order valence-corrected chi connectivity index (χ3v) is 26.7. The summed E-state index contributed by atoms with van der Waals surface area (Å²) >= 11 is 16.8. The predicted molar refractivity (Wildman–Crippen MR) is 525 cm³/mol. The van der Waals surface area contributed by atoms with Crippen molar-refractivity contribution in [2.45, 2.75) is 84.0 Å². The molecule has 17 nitrogen and oxygen atoms in total. The quantitative estimate of drug-likeness (QED) is 0.00717. The number of hydrogen-bond acceptors (Lipinski definition) is 17. The molecule has 2 aromatic heterocycles. The van der Waals surface area contributed by atoms with Gasteiger partial charge in [0, 0.05) is 38.9 Å². The monoisotopic (exact) mass is 1820 g/mol. The summed E-state index contributed by atoms with van der Waals surface area (Å²) in [6, 6.07) is 84.7. The largest absolute Gasteiger partial charge is 0.491 e. The van der Waals surface area contributed by atoms with Crippen LogP contribution in [0.25, 0.3) is 97.3 Å². The summed E-state index contributed by atoms with van der Waals surface area (Å²) in [4.78, 5) is 50.0. The summed E-state index contributed by atoms with van der Waals surface area (Å²) in [5.74, 6) is -2.22. The van der Waals surface area contributed by atoms with E-state index in [2.05, 4.69) is 128 Å². The third-order valence-electron chi connectivity index (χ3n) is 22.3. The number of sulfonamides is 1. The number of aromatic nitrogens is 2. The fourth-order valence-electron chi connectivity index (χ4n) is 15.3. The zero-order valence-corrected chi connectivity index (χ0v) is 75.9. The molecule has 17 rings (SSSR count). The van der Waals surface area contributed by atoms with Crippen molar-refractivity contribution in [3.05, 3.63) is 353 Å². The van der Waals surface area contributed by atoms with Gasteiger partial charge in [0.25, 0.3) is 15.9 Å². The normalized spacial score (nSPS) is 12.5. The van der Waals surface area contributed by atoms with Crippen LogP contribution in [0, 0.1) is 18.2 Å². The van der Waals surface area contributed by atoms with Crippen molar-refractivity contribution in [3.8, 4) is 67.5 Å². The Balaban J connectivity index is 0.000000202. The van der Waals surface area contributed by atoms with Crippen LogP contribution in [-0.2, 0) is 37.1 Å². The number of aryl methyl sites for hydroxylation is 3. The van der Waals surface area contributed by atoms with Gasteiger partial charge in [0.2, 0.25) is 10.3 Å². The molecule has 23 heteroatoms. The number of hydrogen-bond donors (Lipinski definition) is 0. The Morgan fingerprint density at radius 3 is 1.72 bits per heavy atom. The molecule has 654 valence electrons. The van der Waals surface area contributed by atoms with Crippen LogP contribution < -0.4 is 28.4 Å². The molecule has 0 N–H and O–H groups in total. The summed E-state index contributed by atoms with van der Waals surface area (Å²) in [6.07, 6.45) is 12.8. The number of carbonyl (C=O) groups excluding carboxylic acids is 3. The molecule has 16 aromatic rings. The topological polar surface area (TPSA) is 198 Å². The highest BCUT2D eigenvalue weighted by Crippen LogP contribution is 2.46. The van der Waals surface area contributed by atoms with Crippen LogP contribution in [0.2, 0.25) is 10.0 Å². The third kappa shape index (κ3) is 20.8. The number of esters is 2. The Labute approximate surface area is 772 Å². The Hall–Kier alpha value is -13.4. The van der Waals surface area contributed by atoms with Crippen LogP contribution >= 0.6 is 45.9 Å². The van der Waals surface area contributed by atoms with Gasteiger partial charge in [-0.3, -0.25) is 4.79 Å². The lowest BCUT2D eigenvalue weighted by Gasteiger charge is -2.37. The van der Waals surface area contributed by atoms with Crippen molar-refractivity contribution < 1.29 is 55.6 Å². The van der Waals surface area contributed by atoms with Crippen LogP contribution in [0.4, 0.5) is 14.7 Å². The van der Waals surface area contributed by atoms with E-state index in [1.807, 2.05) is 122 Å². The van der Waals surface area contributed by atoms with Gasteiger partial charge in [-0.25, -0.2) is 23.9 Å². The van der Waals surface area contributed by atoms with E-state index in [9.17, 15) is 22.8 Å². The van der Waals surface area contributed by atoms with E-state index in [0.717, 1.165) is 134 Å². The molecule has 0 bridgehead atoms. The van der Waals surface area contributed by atoms with E-state index < -0.39 is 33.7 Å². The summed E-state index contributed by atoms with van der Waals surface area (Å²) in [5, 5.41) is 17.0. The molecular formula is C107H91Cl2FN6O11S3. The number of rotatable bonds is 33.